The Kier molecular flexibility index (Phi) is 5.98. The molecule has 212 valence electrons. The van der Waals surface area contributed by atoms with E-state index in [0.717, 1.165) is 25.7 Å². The molecule has 2 aromatic carbocycles. The summed E-state index contributed by atoms with van der Waals surface area (Å²) >= 11 is 0. The summed E-state index contributed by atoms with van der Waals surface area (Å²) in [5, 5.41) is 0. The zero-order valence-corrected chi connectivity index (χ0v) is 23.8. The predicted octanol–water partition coefficient (Wildman–Crippen LogP) is 3.26. The highest BCUT2D eigenvalue weighted by atomic mass is 32.3. The lowest BCUT2D eigenvalue weighted by atomic mass is 10.2. The van der Waals surface area contributed by atoms with E-state index in [9.17, 15) is 26.4 Å². The number of fused-ring (bicyclic) bond motifs is 2. The molecule has 3 aromatic rings. The van der Waals surface area contributed by atoms with Crippen LogP contribution < -0.4 is 13.5 Å². The molecule has 2 aliphatic carbocycles. The summed E-state index contributed by atoms with van der Waals surface area (Å²) in [5.41, 5.74) is 2.58. The Morgan fingerprint density at radius 3 is 1.63 bits per heavy atom. The second-order valence-electron chi connectivity index (χ2n) is 11.0. The van der Waals surface area contributed by atoms with E-state index in [4.69, 9.17) is 0 Å². The number of amides is 2. The van der Waals surface area contributed by atoms with Crippen molar-refractivity contribution in [1.29, 1.82) is 0 Å². The van der Waals surface area contributed by atoms with Crippen LogP contribution in [0, 0.1) is 11.8 Å². The van der Waals surface area contributed by atoms with Crippen LogP contribution in [-0.2, 0) is 42.5 Å². The molecule has 0 bridgehead atoms. The highest BCUT2D eigenvalue weighted by Gasteiger charge is 2.41. The van der Waals surface area contributed by atoms with Gasteiger partial charge in [-0.25, -0.2) is 16.8 Å². The maximum Gasteiger partial charge on any atom is 0.277 e. The van der Waals surface area contributed by atoms with Crippen LogP contribution in [0.25, 0.3) is 0 Å². The molecule has 4 aliphatic rings. The predicted molar refractivity (Wildman–Crippen MR) is 152 cm³/mol. The molecular formula is C29H28N4O6S2. The van der Waals surface area contributed by atoms with Crippen molar-refractivity contribution in [3.63, 3.8) is 0 Å². The molecule has 7 rings (SSSR count). The molecule has 3 heterocycles. The van der Waals surface area contributed by atoms with Crippen molar-refractivity contribution in [3.8, 4) is 0 Å². The molecule has 0 atom stereocenters. The van der Waals surface area contributed by atoms with Gasteiger partial charge in [0.15, 0.2) is 0 Å². The van der Waals surface area contributed by atoms with Gasteiger partial charge < -0.3 is 9.80 Å². The summed E-state index contributed by atoms with van der Waals surface area (Å²) in [7, 11) is -9.25. The molecule has 2 amide bonds. The first kappa shape index (κ1) is 26.1. The van der Waals surface area contributed by atoms with Gasteiger partial charge in [-0.2, -0.15) is 3.71 Å². The average Bonchev–Trinajstić information content (AvgIpc) is 3.90. The molecule has 2 aliphatic heterocycles. The van der Waals surface area contributed by atoms with E-state index in [1.807, 2.05) is 0 Å². The minimum atomic E-state index is -4.63. The van der Waals surface area contributed by atoms with E-state index < -0.39 is 20.0 Å². The minimum absolute atomic E-state index is 0.0294. The van der Waals surface area contributed by atoms with Crippen LogP contribution in [0.5, 0.6) is 0 Å². The number of pyridine rings is 1. The normalized spacial score (nSPS) is 18.2. The Labute approximate surface area is 238 Å². The SMILES string of the molecule is O=C(C1CC1)N1CCc2cc(S(=O)(=O)N(c3cccnc3)S(=O)(=O)c3ccc4c(c3)CCN4C(=O)C3CC3)ccc21. The van der Waals surface area contributed by atoms with Crippen LogP contribution in [-0.4, -0.2) is 46.7 Å². The number of sulfonamides is 2. The van der Waals surface area contributed by atoms with Gasteiger partial charge in [0, 0.05) is 42.5 Å². The molecule has 0 saturated heterocycles. The number of aromatic nitrogens is 1. The fourth-order valence-electron chi connectivity index (χ4n) is 5.70. The maximum absolute atomic E-state index is 14.1. The van der Waals surface area contributed by atoms with Gasteiger partial charge in [-0.15, -0.1) is 0 Å². The number of benzene rings is 2. The quantitative estimate of drug-likeness (QED) is 0.412. The Morgan fingerprint density at radius 2 is 1.22 bits per heavy atom. The van der Waals surface area contributed by atoms with E-state index >= 15 is 0 Å². The highest BCUT2D eigenvalue weighted by Crippen LogP contribution is 2.40. The fourth-order valence-corrected chi connectivity index (χ4v) is 9.46. The smallest absolute Gasteiger partial charge is 0.277 e. The van der Waals surface area contributed by atoms with Crippen LogP contribution in [0.4, 0.5) is 17.1 Å². The largest absolute Gasteiger partial charge is 0.312 e. The van der Waals surface area contributed by atoms with Gasteiger partial charge >= 0.3 is 0 Å². The van der Waals surface area contributed by atoms with Crippen molar-refractivity contribution in [2.24, 2.45) is 11.8 Å². The molecule has 0 N–H and O–H groups in total. The molecule has 0 spiro atoms. The third kappa shape index (κ3) is 4.40. The van der Waals surface area contributed by atoms with Crippen LogP contribution >= 0.6 is 0 Å². The summed E-state index contributed by atoms with van der Waals surface area (Å²) in [6.45, 7) is 0.933. The summed E-state index contributed by atoms with van der Waals surface area (Å²) < 4.78 is 56.9. The third-order valence-electron chi connectivity index (χ3n) is 8.17. The summed E-state index contributed by atoms with van der Waals surface area (Å²) in [4.78, 5) is 32.4. The number of rotatable bonds is 7. The molecule has 2 fully saturated rings. The fraction of sp³-hybridized carbons (Fsp3) is 0.345. The lowest BCUT2D eigenvalue weighted by Crippen LogP contribution is -2.37. The van der Waals surface area contributed by atoms with Crippen molar-refractivity contribution < 1.29 is 26.4 Å². The maximum atomic E-state index is 14.1. The molecule has 0 unspecified atom stereocenters. The van der Waals surface area contributed by atoms with Crippen molar-refractivity contribution in [2.75, 3.05) is 26.6 Å². The first-order valence-electron chi connectivity index (χ1n) is 13.8. The summed E-state index contributed by atoms with van der Waals surface area (Å²) in [6, 6.07) is 11.7. The second kappa shape index (κ2) is 9.38. The zero-order chi connectivity index (χ0) is 28.5. The second-order valence-corrected chi connectivity index (χ2v) is 14.8. The Morgan fingerprint density at radius 1 is 0.732 bits per heavy atom. The molecule has 41 heavy (non-hydrogen) atoms. The minimum Gasteiger partial charge on any atom is -0.312 e. The average molecular weight is 593 g/mol. The number of anilines is 3. The summed E-state index contributed by atoms with van der Waals surface area (Å²) in [5.74, 6) is 0.157. The van der Waals surface area contributed by atoms with E-state index in [-0.39, 0.29) is 39.1 Å². The molecule has 2 saturated carbocycles. The standard InChI is InChI=1S/C29H28N4O6S2/c34-28(19-3-4-19)31-14-11-21-16-24(7-9-26(21)31)40(36,37)33(23-2-1-13-30-18-23)41(38,39)25-8-10-27-22(17-25)12-15-32(27)29(35)20-5-6-20/h1-2,7-10,13,16-20H,3-6,11-12,14-15H2. The van der Waals surface area contributed by atoms with E-state index in [1.54, 1.807) is 21.9 Å². The van der Waals surface area contributed by atoms with Crippen molar-refractivity contribution >= 4 is 48.9 Å². The van der Waals surface area contributed by atoms with Gasteiger partial charge in [0.1, 0.15) is 0 Å². The van der Waals surface area contributed by atoms with Crippen LogP contribution in [0.1, 0.15) is 36.8 Å². The van der Waals surface area contributed by atoms with Gasteiger partial charge in [-0.05, 0) is 98.2 Å². The van der Waals surface area contributed by atoms with Gasteiger partial charge in [-0.1, -0.05) is 0 Å². The molecular weight excluding hydrogens is 564 g/mol. The lowest BCUT2D eigenvalue weighted by molar-refractivity contribution is -0.120. The van der Waals surface area contributed by atoms with Crippen molar-refractivity contribution in [2.45, 2.75) is 48.3 Å². The van der Waals surface area contributed by atoms with Crippen LogP contribution in [0.2, 0.25) is 0 Å². The number of hydrogen-bond donors (Lipinski definition) is 0. The number of carbonyl (C=O) groups excluding carboxylic acids is 2. The Balaban J connectivity index is 1.27. The van der Waals surface area contributed by atoms with Gasteiger partial charge in [-0.3, -0.25) is 14.6 Å². The molecule has 12 heteroatoms. The van der Waals surface area contributed by atoms with Crippen LogP contribution in [0.3, 0.4) is 0 Å². The first-order chi connectivity index (χ1) is 19.7. The topological polar surface area (TPSA) is 125 Å². The lowest BCUT2D eigenvalue weighted by Gasteiger charge is -2.25. The number of hydrogen-bond acceptors (Lipinski definition) is 7. The van der Waals surface area contributed by atoms with Crippen molar-refractivity contribution in [1.82, 2.24) is 4.98 Å². The monoisotopic (exact) mass is 592 g/mol. The molecule has 0 radical (unpaired) electrons. The third-order valence-corrected chi connectivity index (χ3v) is 12.3. The zero-order valence-electron chi connectivity index (χ0n) is 22.1. The number of nitrogens with zero attached hydrogens (tertiary/aromatic N) is 4. The summed E-state index contributed by atoms with van der Waals surface area (Å²) in [6.07, 6.45) is 7.07. The van der Waals surface area contributed by atoms with E-state index in [1.165, 1.54) is 48.8 Å². The Hall–Kier alpha value is -3.77. The van der Waals surface area contributed by atoms with Crippen LogP contribution in [0.15, 0.2) is 70.7 Å². The van der Waals surface area contributed by atoms with Gasteiger partial charge in [0.05, 0.1) is 21.7 Å². The van der Waals surface area contributed by atoms with E-state index in [2.05, 4.69) is 4.98 Å². The first-order valence-corrected chi connectivity index (χ1v) is 16.6. The van der Waals surface area contributed by atoms with Gasteiger partial charge in [0.2, 0.25) is 11.8 Å². The molecule has 10 nitrogen and oxygen atoms in total. The highest BCUT2D eigenvalue weighted by molar-refractivity contribution is 8.10. The van der Waals surface area contributed by atoms with Crippen molar-refractivity contribution in [3.05, 3.63) is 72.1 Å². The molecule has 1 aromatic heterocycles. The van der Waals surface area contributed by atoms with E-state index in [0.29, 0.717) is 52.1 Å². The number of carbonyl (C=O) groups is 2. The Bertz CT molecular complexity index is 1690. The van der Waals surface area contributed by atoms with Gasteiger partial charge in [0.25, 0.3) is 20.0 Å².